The zero-order chi connectivity index (χ0) is 15.0. The van der Waals surface area contributed by atoms with Crippen LogP contribution in [0.25, 0.3) is 10.9 Å². The maximum atomic E-state index is 11.8. The lowest BCUT2D eigenvalue weighted by molar-refractivity contribution is 0.638. The van der Waals surface area contributed by atoms with Gasteiger partial charge in [0.05, 0.1) is 28.6 Å². The van der Waals surface area contributed by atoms with Crippen molar-refractivity contribution in [3.05, 3.63) is 28.8 Å². The SMILES string of the molecule is CC1(C)CCN(c2cc3nc[nH]c(=O)c3cc2N)CCS1. The molecule has 3 N–H and O–H groups in total. The van der Waals surface area contributed by atoms with Gasteiger partial charge in [-0.3, -0.25) is 4.79 Å². The second-order valence-electron chi connectivity index (χ2n) is 6.01. The van der Waals surface area contributed by atoms with Gasteiger partial charge in [0.25, 0.3) is 5.56 Å². The van der Waals surface area contributed by atoms with E-state index >= 15 is 0 Å². The number of hydrogen-bond donors (Lipinski definition) is 2. The molecule has 6 heteroatoms. The minimum absolute atomic E-state index is 0.147. The van der Waals surface area contributed by atoms with Crippen molar-refractivity contribution >= 4 is 34.0 Å². The maximum absolute atomic E-state index is 11.8. The van der Waals surface area contributed by atoms with Crippen molar-refractivity contribution in [3.63, 3.8) is 0 Å². The number of aromatic amines is 1. The molecule has 0 saturated carbocycles. The summed E-state index contributed by atoms with van der Waals surface area (Å²) in [5.41, 5.74) is 8.35. The van der Waals surface area contributed by atoms with E-state index in [4.69, 9.17) is 5.73 Å². The fourth-order valence-corrected chi connectivity index (χ4v) is 3.76. The minimum atomic E-state index is -0.147. The van der Waals surface area contributed by atoms with Crippen molar-refractivity contribution in [2.75, 3.05) is 29.5 Å². The molecule has 1 aromatic heterocycles. The molecule has 2 aromatic rings. The second kappa shape index (κ2) is 5.26. The van der Waals surface area contributed by atoms with Crippen LogP contribution < -0.4 is 16.2 Å². The number of H-pyrrole nitrogens is 1. The predicted octanol–water partition coefficient (Wildman–Crippen LogP) is 2.23. The number of hydrogen-bond acceptors (Lipinski definition) is 5. The first-order valence-electron chi connectivity index (χ1n) is 7.12. The fraction of sp³-hybridized carbons (Fsp3) is 0.467. The number of nitrogens with one attached hydrogen (secondary N) is 1. The number of rotatable bonds is 1. The highest BCUT2D eigenvalue weighted by molar-refractivity contribution is 8.00. The number of nitrogen functional groups attached to an aromatic ring is 1. The van der Waals surface area contributed by atoms with Gasteiger partial charge in [-0.1, -0.05) is 13.8 Å². The number of fused-ring (bicyclic) bond motifs is 1. The van der Waals surface area contributed by atoms with Crippen LogP contribution in [-0.4, -0.2) is 33.6 Å². The van der Waals surface area contributed by atoms with Crippen LogP contribution >= 0.6 is 11.8 Å². The maximum Gasteiger partial charge on any atom is 0.258 e. The van der Waals surface area contributed by atoms with Crippen LogP contribution in [0.5, 0.6) is 0 Å². The van der Waals surface area contributed by atoms with Crippen LogP contribution in [0.1, 0.15) is 20.3 Å². The van der Waals surface area contributed by atoms with Gasteiger partial charge in [-0.15, -0.1) is 0 Å². The Balaban J connectivity index is 2.00. The lowest BCUT2D eigenvalue weighted by atomic mass is 10.1. The summed E-state index contributed by atoms with van der Waals surface area (Å²) in [5.74, 6) is 1.08. The van der Waals surface area contributed by atoms with Gasteiger partial charge in [0.1, 0.15) is 0 Å². The van der Waals surface area contributed by atoms with Gasteiger partial charge in [0.15, 0.2) is 0 Å². The Morgan fingerprint density at radius 3 is 3.00 bits per heavy atom. The van der Waals surface area contributed by atoms with Crippen LogP contribution in [-0.2, 0) is 0 Å². The van der Waals surface area contributed by atoms with Crippen molar-refractivity contribution in [2.45, 2.75) is 25.0 Å². The molecule has 3 rings (SSSR count). The Morgan fingerprint density at radius 1 is 1.38 bits per heavy atom. The third-order valence-electron chi connectivity index (χ3n) is 3.97. The summed E-state index contributed by atoms with van der Waals surface area (Å²) in [4.78, 5) is 20.9. The van der Waals surface area contributed by atoms with E-state index in [0.29, 0.717) is 21.3 Å². The first kappa shape index (κ1) is 14.3. The van der Waals surface area contributed by atoms with Gasteiger partial charge < -0.3 is 15.6 Å². The van der Waals surface area contributed by atoms with Gasteiger partial charge in [-0.25, -0.2) is 4.98 Å². The molecule has 1 aliphatic rings. The van der Waals surface area contributed by atoms with Crippen molar-refractivity contribution in [3.8, 4) is 0 Å². The number of anilines is 2. The Hall–Kier alpha value is -1.69. The summed E-state index contributed by atoms with van der Waals surface area (Å²) in [6.07, 6.45) is 2.55. The molecular formula is C15H20N4OS. The van der Waals surface area contributed by atoms with E-state index in [-0.39, 0.29) is 5.56 Å². The molecular weight excluding hydrogens is 284 g/mol. The predicted molar refractivity (Wildman–Crippen MR) is 90.1 cm³/mol. The van der Waals surface area contributed by atoms with Gasteiger partial charge in [0, 0.05) is 23.6 Å². The molecule has 0 atom stereocenters. The number of benzene rings is 1. The molecule has 5 nitrogen and oxygen atoms in total. The molecule has 1 saturated heterocycles. The molecule has 2 heterocycles. The van der Waals surface area contributed by atoms with Crippen molar-refractivity contribution < 1.29 is 0 Å². The third kappa shape index (κ3) is 2.85. The summed E-state index contributed by atoms with van der Waals surface area (Å²) in [6.45, 7) is 6.50. The third-order valence-corrected chi connectivity index (χ3v) is 5.34. The molecule has 1 aliphatic heterocycles. The van der Waals surface area contributed by atoms with Gasteiger partial charge >= 0.3 is 0 Å². The van der Waals surface area contributed by atoms with E-state index in [0.717, 1.165) is 31.0 Å². The minimum Gasteiger partial charge on any atom is -0.397 e. The van der Waals surface area contributed by atoms with E-state index in [1.54, 1.807) is 6.07 Å². The number of thioether (sulfide) groups is 1. The van der Waals surface area contributed by atoms with Gasteiger partial charge in [0.2, 0.25) is 0 Å². The molecule has 0 unspecified atom stereocenters. The van der Waals surface area contributed by atoms with Crippen LogP contribution in [0, 0.1) is 0 Å². The topological polar surface area (TPSA) is 75.0 Å². The van der Waals surface area contributed by atoms with Crippen LogP contribution in [0.15, 0.2) is 23.3 Å². The molecule has 1 fully saturated rings. The van der Waals surface area contributed by atoms with Crippen molar-refractivity contribution in [2.24, 2.45) is 0 Å². The van der Waals surface area contributed by atoms with Crippen molar-refractivity contribution in [1.82, 2.24) is 9.97 Å². The highest BCUT2D eigenvalue weighted by atomic mass is 32.2. The van der Waals surface area contributed by atoms with Gasteiger partial charge in [-0.2, -0.15) is 11.8 Å². The van der Waals surface area contributed by atoms with E-state index in [2.05, 4.69) is 28.7 Å². The monoisotopic (exact) mass is 304 g/mol. The first-order chi connectivity index (χ1) is 9.96. The Labute approximate surface area is 127 Å². The second-order valence-corrected chi connectivity index (χ2v) is 7.81. The molecule has 0 amide bonds. The summed E-state index contributed by atoms with van der Waals surface area (Å²) < 4.78 is 0.301. The highest BCUT2D eigenvalue weighted by Gasteiger charge is 2.24. The van der Waals surface area contributed by atoms with E-state index < -0.39 is 0 Å². The average molecular weight is 304 g/mol. The van der Waals surface area contributed by atoms with E-state index in [9.17, 15) is 4.79 Å². The molecule has 112 valence electrons. The molecule has 21 heavy (non-hydrogen) atoms. The summed E-state index contributed by atoms with van der Waals surface area (Å²) >= 11 is 2.00. The number of nitrogens with two attached hydrogens (primary N) is 1. The smallest absolute Gasteiger partial charge is 0.258 e. The first-order valence-corrected chi connectivity index (χ1v) is 8.11. The molecule has 0 radical (unpaired) electrons. The fourth-order valence-electron chi connectivity index (χ4n) is 2.66. The Morgan fingerprint density at radius 2 is 2.19 bits per heavy atom. The molecule has 0 spiro atoms. The quantitative estimate of drug-likeness (QED) is 0.790. The summed E-state index contributed by atoms with van der Waals surface area (Å²) in [6, 6.07) is 3.67. The zero-order valence-corrected chi connectivity index (χ0v) is 13.2. The molecule has 1 aromatic carbocycles. The largest absolute Gasteiger partial charge is 0.397 e. The average Bonchev–Trinajstić information content (AvgIpc) is 2.60. The van der Waals surface area contributed by atoms with Crippen LogP contribution in [0.2, 0.25) is 0 Å². The molecule has 0 aliphatic carbocycles. The van der Waals surface area contributed by atoms with Gasteiger partial charge in [-0.05, 0) is 18.6 Å². The number of aromatic nitrogens is 2. The lowest BCUT2D eigenvalue weighted by Crippen LogP contribution is -2.27. The normalized spacial score (nSPS) is 18.7. The number of nitrogens with zero attached hydrogens (tertiary/aromatic N) is 2. The van der Waals surface area contributed by atoms with E-state index in [1.807, 2.05) is 17.8 Å². The van der Waals surface area contributed by atoms with Crippen molar-refractivity contribution in [1.29, 1.82) is 0 Å². The Bertz CT molecular complexity index is 725. The zero-order valence-electron chi connectivity index (χ0n) is 12.3. The summed E-state index contributed by atoms with van der Waals surface area (Å²) in [7, 11) is 0. The van der Waals surface area contributed by atoms with Crippen LogP contribution in [0.3, 0.4) is 0 Å². The highest BCUT2D eigenvalue weighted by Crippen LogP contribution is 2.34. The van der Waals surface area contributed by atoms with Crippen LogP contribution in [0.4, 0.5) is 11.4 Å². The van der Waals surface area contributed by atoms with E-state index in [1.165, 1.54) is 6.33 Å². The lowest BCUT2D eigenvalue weighted by Gasteiger charge is -2.25. The molecule has 0 bridgehead atoms. The Kier molecular flexibility index (Phi) is 3.57. The standard InChI is InChI=1S/C15H20N4OS/c1-15(2)3-4-19(5-6-21-15)13-8-12-10(7-11(13)16)14(20)18-9-17-12/h7-9H,3-6,16H2,1-2H3,(H,17,18,20). The summed E-state index contributed by atoms with van der Waals surface area (Å²) in [5, 5.41) is 0.545.